The second kappa shape index (κ2) is 29.2. The van der Waals surface area contributed by atoms with E-state index in [1.54, 1.807) is 6.08 Å². The summed E-state index contributed by atoms with van der Waals surface area (Å²) in [5, 5.41) is 9.20. The van der Waals surface area contributed by atoms with Gasteiger partial charge < -0.3 is 5.11 Å². The van der Waals surface area contributed by atoms with Gasteiger partial charge in [-0.2, -0.15) is 0 Å². The molecule has 1 heteroatoms. The van der Waals surface area contributed by atoms with Crippen LogP contribution in [0.15, 0.2) is 24.3 Å². The highest BCUT2D eigenvalue weighted by Crippen LogP contribution is 2.14. The van der Waals surface area contributed by atoms with Crippen LogP contribution in [-0.2, 0) is 0 Å². The van der Waals surface area contributed by atoms with E-state index < -0.39 is 6.10 Å². The normalized spacial score (nSPS) is 11.9. The number of allylic oxidation sites excluding steroid dienone is 3. The molecule has 0 aromatic rings. The van der Waals surface area contributed by atoms with Crippen molar-refractivity contribution in [2.75, 3.05) is 0 Å². The zero-order valence-electron chi connectivity index (χ0n) is 22.0. The van der Waals surface area contributed by atoms with Crippen LogP contribution in [0.5, 0.6) is 0 Å². The maximum atomic E-state index is 9.20. The summed E-state index contributed by atoms with van der Waals surface area (Å²) in [4.78, 5) is 0. The number of aliphatic hydroxyl groups is 1. The fourth-order valence-electron chi connectivity index (χ4n) is 4.04. The molecular formula is C33H52O. The van der Waals surface area contributed by atoms with Gasteiger partial charge in [0.2, 0.25) is 0 Å². The number of rotatable bonds is 23. The standard InChI is InChI=1S/C33H52O/c1-3-5-6-7-8-9-10-11-12-13-14-15-16-17-18-19-20-21-22-23-24-25-26-27-28-29-30-31-32-33(34)4-2/h1-2,5-6,31-34H,7-25,28-30H2/b6-5-,32-31+/t33-/m0/s1. The molecule has 190 valence electrons. The van der Waals surface area contributed by atoms with Gasteiger partial charge in [0.1, 0.15) is 6.10 Å². The van der Waals surface area contributed by atoms with Gasteiger partial charge >= 0.3 is 0 Å². The van der Waals surface area contributed by atoms with Crippen LogP contribution in [0.4, 0.5) is 0 Å². The van der Waals surface area contributed by atoms with Crippen LogP contribution in [0.1, 0.15) is 141 Å². The summed E-state index contributed by atoms with van der Waals surface area (Å²) in [5.74, 6) is 11.4. The van der Waals surface area contributed by atoms with Crippen molar-refractivity contribution < 1.29 is 5.11 Å². The SMILES string of the molecule is C#C/C=C\CCCCCCCCCCCCCCCCCCCC#CCCC/C=C/[C@@H](O)C#C. The monoisotopic (exact) mass is 464 g/mol. The maximum absolute atomic E-state index is 9.20. The van der Waals surface area contributed by atoms with E-state index in [2.05, 4.69) is 29.8 Å². The lowest BCUT2D eigenvalue weighted by Crippen LogP contribution is -1.95. The summed E-state index contributed by atoms with van der Waals surface area (Å²) in [5.41, 5.74) is 0. The van der Waals surface area contributed by atoms with Gasteiger partial charge in [0.15, 0.2) is 0 Å². The van der Waals surface area contributed by atoms with Crippen LogP contribution in [-0.4, -0.2) is 11.2 Å². The van der Waals surface area contributed by atoms with Crippen LogP contribution in [0.3, 0.4) is 0 Å². The van der Waals surface area contributed by atoms with Gasteiger partial charge in [-0.25, -0.2) is 0 Å². The predicted molar refractivity (Wildman–Crippen MR) is 151 cm³/mol. The Balaban J connectivity index is 3.16. The van der Waals surface area contributed by atoms with E-state index in [9.17, 15) is 5.11 Å². The molecule has 0 radical (unpaired) electrons. The Morgan fingerprint density at radius 1 is 0.529 bits per heavy atom. The third-order valence-electron chi connectivity index (χ3n) is 6.17. The van der Waals surface area contributed by atoms with Crippen molar-refractivity contribution in [2.45, 2.75) is 147 Å². The Morgan fingerprint density at radius 2 is 0.941 bits per heavy atom. The first-order valence-electron chi connectivity index (χ1n) is 14.2. The molecule has 0 saturated heterocycles. The van der Waals surface area contributed by atoms with E-state index in [0.717, 1.165) is 32.1 Å². The minimum absolute atomic E-state index is 0.745. The van der Waals surface area contributed by atoms with Gasteiger partial charge in [-0.3, -0.25) is 0 Å². The average Bonchev–Trinajstić information content (AvgIpc) is 2.85. The lowest BCUT2D eigenvalue weighted by molar-refractivity contribution is 0.280. The summed E-state index contributed by atoms with van der Waals surface area (Å²) in [6.07, 6.45) is 45.8. The zero-order chi connectivity index (χ0) is 24.8. The van der Waals surface area contributed by atoms with E-state index >= 15 is 0 Å². The number of hydrogen-bond acceptors (Lipinski definition) is 1. The highest BCUT2D eigenvalue weighted by atomic mass is 16.3. The Kier molecular flexibility index (Phi) is 27.5. The number of terminal acetylenes is 2. The van der Waals surface area contributed by atoms with Crippen LogP contribution < -0.4 is 0 Å². The molecule has 1 N–H and O–H groups in total. The van der Waals surface area contributed by atoms with E-state index in [1.807, 2.05) is 12.2 Å². The predicted octanol–water partition coefficient (Wildman–Crippen LogP) is 9.31. The second-order valence-corrected chi connectivity index (χ2v) is 9.40. The van der Waals surface area contributed by atoms with E-state index in [0.29, 0.717) is 0 Å². The van der Waals surface area contributed by atoms with Crippen molar-refractivity contribution in [3.05, 3.63) is 24.3 Å². The fraction of sp³-hybridized carbons (Fsp3) is 0.697. The molecule has 0 saturated carbocycles. The smallest absolute Gasteiger partial charge is 0.133 e. The Hall–Kier alpha value is -1.88. The Labute approximate surface area is 213 Å². The van der Waals surface area contributed by atoms with E-state index in [4.69, 9.17) is 12.8 Å². The fourth-order valence-corrected chi connectivity index (χ4v) is 4.04. The van der Waals surface area contributed by atoms with Gasteiger partial charge in [-0.05, 0) is 44.3 Å². The second-order valence-electron chi connectivity index (χ2n) is 9.40. The number of hydrogen-bond donors (Lipinski definition) is 1. The summed E-state index contributed by atoms with van der Waals surface area (Å²) in [6.45, 7) is 0. The molecule has 0 rings (SSSR count). The van der Waals surface area contributed by atoms with Crippen LogP contribution in [0.2, 0.25) is 0 Å². The molecule has 0 spiro atoms. The highest BCUT2D eigenvalue weighted by molar-refractivity contribution is 5.08. The highest BCUT2D eigenvalue weighted by Gasteiger charge is 1.95. The molecule has 0 unspecified atom stereocenters. The van der Waals surface area contributed by atoms with Crippen molar-refractivity contribution in [1.82, 2.24) is 0 Å². The molecule has 1 atom stereocenters. The molecule has 0 aromatic heterocycles. The van der Waals surface area contributed by atoms with Gasteiger partial charge in [0.05, 0.1) is 0 Å². The molecule has 1 nitrogen and oxygen atoms in total. The van der Waals surface area contributed by atoms with Crippen molar-refractivity contribution >= 4 is 0 Å². The first-order valence-corrected chi connectivity index (χ1v) is 14.2. The van der Waals surface area contributed by atoms with Crippen molar-refractivity contribution in [1.29, 1.82) is 0 Å². The van der Waals surface area contributed by atoms with Gasteiger partial charge in [-0.15, -0.1) is 24.7 Å². The third-order valence-corrected chi connectivity index (χ3v) is 6.17. The summed E-state index contributed by atoms with van der Waals surface area (Å²) < 4.78 is 0. The zero-order valence-corrected chi connectivity index (χ0v) is 22.0. The first-order chi connectivity index (χ1) is 16.8. The molecule has 0 aliphatic rings. The molecule has 0 heterocycles. The lowest BCUT2D eigenvalue weighted by Gasteiger charge is -2.03. The van der Waals surface area contributed by atoms with Crippen LogP contribution in [0, 0.1) is 36.5 Å². The van der Waals surface area contributed by atoms with Gasteiger partial charge in [-0.1, -0.05) is 120 Å². The maximum Gasteiger partial charge on any atom is 0.133 e. The Bertz CT molecular complexity index is 616. The molecule has 34 heavy (non-hydrogen) atoms. The minimum Gasteiger partial charge on any atom is -0.377 e. The topological polar surface area (TPSA) is 20.2 Å². The van der Waals surface area contributed by atoms with E-state index in [1.165, 1.54) is 109 Å². The first kappa shape index (κ1) is 32.1. The molecule has 0 fully saturated rings. The van der Waals surface area contributed by atoms with Crippen molar-refractivity contribution in [3.63, 3.8) is 0 Å². The van der Waals surface area contributed by atoms with Gasteiger partial charge in [0.25, 0.3) is 0 Å². The van der Waals surface area contributed by atoms with Crippen molar-refractivity contribution in [3.8, 4) is 36.5 Å². The number of aliphatic hydroxyl groups excluding tert-OH is 1. The van der Waals surface area contributed by atoms with Crippen LogP contribution >= 0.6 is 0 Å². The molecule has 0 aromatic carbocycles. The average molecular weight is 465 g/mol. The summed E-state index contributed by atoms with van der Waals surface area (Å²) in [6, 6.07) is 0. The molecule has 0 aliphatic heterocycles. The van der Waals surface area contributed by atoms with Crippen LogP contribution in [0.25, 0.3) is 0 Å². The minimum atomic E-state index is -0.745. The molecule has 0 amide bonds. The Morgan fingerprint density at radius 3 is 1.41 bits per heavy atom. The number of unbranched alkanes of at least 4 members (excludes halogenated alkanes) is 20. The van der Waals surface area contributed by atoms with Crippen molar-refractivity contribution in [2.24, 2.45) is 0 Å². The summed E-state index contributed by atoms with van der Waals surface area (Å²) in [7, 11) is 0. The molecular weight excluding hydrogens is 412 g/mol. The third kappa shape index (κ3) is 28.2. The molecule has 0 bridgehead atoms. The lowest BCUT2D eigenvalue weighted by atomic mass is 10.0. The van der Waals surface area contributed by atoms with Gasteiger partial charge in [0, 0.05) is 12.8 Å². The van der Waals surface area contributed by atoms with E-state index in [-0.39, 0.29) is 0 Å². The molecule has 0 aliphatic carbocycles. The largest absolute Gasteiger partial charge is 0.377 e. The quantitative estimate of drug-likeness (QED) is 0.0907. The summed E-state index contributed by atoms with van der Waals surface area (Å²) >= 11 is 0.